The van der Waals surface area contributed by atoms with Crippen molar-refractivity contribution < 1.29 is 23.7 Å². The third-order valence-electron chi connectivity index (χ3n) is 8.67. The number of piperazine rings is 1. The summed E-state index contributed by atoms with van der Waals surface area (Å²) in [6, 6.07) is 24.1. The highest BCUT2D eigenvalue weighted by Gasteiger charge is 2.20. The molecule has 1 atom stereocenters. The highest BCUT2D eigenvalue weighted by molar-refractivity contribution is 7.09. The van der Waals surface area contributed by atoms with Crippen LogP contribution in [0.25, 0.3) is 6.08 Å². The van der Waals surface area contributed by atoms with E-state index in [0.29, 0.717) is 37.9 Å². The van der Waals surface area contributed by atoms with E-state index >= 15 is 0 Å². The van der Waals surface area contributed by atoms with Gasteiger partial charge in [-0.25, -0.2) is 4.98 Å². The molecular formula is C41H44N4O5S. The number of carbonyl (C=O) groups is 1. The molecule has 0 radical (unpaired) electrons. The minimum atomic E-state index is -0.107. The normalized spacial score (nSPS) is 14.0. The lowest BCUT2D eigenvalue weighted by Crippen LogP contribution is -2.47. The molecule has 9 nitrogen and oxygen atoms in total. The van der Waals surface area contributed by atoms with Gasteiger partial charge in [0.15, 0.2) is 11.5 Å². The molecular weight excluding hydrogens is 661 g/mol. The summed E-state index contributed by atoms with van der Waals surface area (Å²) >= 11 is 1.55. The Morgan fingerprint density at radius 3 is 2.33 bits per heavy atom. The van der Waals surface area contributed by atoms with Crippen LogP contribution in [-0.2, 0) is 17.9 Å². The van der Waals surface area contributed by atoms with Crippen LogP contribution >= 0.6 is 11.3 Å². The molecule has 1 fully saturated rings. The van der Waals surface area contributed by atoms with Crippen molar-refractivity contribution in [2.75, 3.05) is 32.8 Å². The van der Waals surface area contributed by atoms with E-state index in [1.807, 2.05) is 74.2 Å². The number of carbonyl (C=O) groups excluding carboxylic acids is 1. The van der Waals surface area contributed by atoms with Gasteiger partial charge in [0.1, 0.15) is 24.2 Å². The predicted octanol–water partition coefficient (Wildman–Crippen LogP) is 8.42. The van der Waals surface area contributed by atoms with Crippen molar-refractivity contribution in [2.45, 2.75) is 47.0 Å². The number of thiazole rings is 1. The van der Waals surface area contributed by atoms with Crippen molar-refractivity contribution in [1.82, 2.24) is 19.8 Å². The first-order valence-corrected chi connectivity index (χ1v) is 18.1. The van der Waals surface area contributed by atoms with E-state index < -0.39 is 0 Å². The Hall–Kier alpha value is -5.19. The summed E-state index contributed by atoms with van der Waals surface area (Å²) in [7, 11) is 0. The molecule has 1 saturated heterocycles. The van der Waals surface area contributed by atoms with E-state index in [1.54, 1.807) is 41.4 Å². The van der Waals surface area contributed by atoms with Gasteiger partial charge in [0.25, 0.3) is 0 Å². The van der Waals surface area contributed by atoms with Gasteiger partial charge in [0.2, 0.25) is 11.8 Å². The molecule has 1 aliphatic heterocycles. The van der Waals surface area contributed by atoms with Crippen molar-refractivity contribution in [3.05, 3.63) is 129 Å². The SMILES string of the molecule is CCOc1ccccc1OC(C)c1ccc(CN2CCN(C(=O)C=Cc3cc(C)c(Oc4ccc(OCc5cncs5)cn4)c(C)c3)CC2)cc1. The molecule has 1 aliphatic rings. The number of amides is 1. The topological polar surface area (TPSA) is 86.3 Å². The van der Waals surface area contributed by atoms with E-state index in [2.05, 4.69) is 46.1 Å². The summed E-state index contributed by atoms with van der Waals surface area (Å²) in [5, 5.41) is 0. The number of hydrogen-bond acceptors (Lipinski definition) is 9. The van der Waals surface area contributed by atoms with Gasteiger partial charge in [-0.1, -0.05) is 36.4 Å². The monoisotopic (exact) mass is 704 g/mol. The zero-order valence-electron chi connectivity index (χ0n) is 29.6. The standard InChI is InChI=1S/C41H44N4O5S/c1-5-47-37-8-6-7-9-38(37)49-31(4)34-13-10-32(11-14-34)26-44-18-20-45(21-19-44)40(46)17-12-33-22-29(2)41(30(3)23-33)50-39-16-15-35(24-43-39)48-27-36-25-42-28-51-36/h6-17,22-25,28,31H,5,18-21,26-27H2,1-4H3. The Kier molecular flexibility index (Phi) is 12.0. The summed E-state index contributed by atoms with van der Waals surface area (Å²) in [5.74, 6) is 3.43. The molecule has 10 heteroatoms. The summed E-state index contributed by atoms with van der Waals surface area (Å²) in [5.41, 5.74) is 7.01. The van der Waals surface area contributed by atoms with Crippen molar-refractivity contribution >= 4 is 23.3 Å². The molecule has 0 bridgehead atoms. The van der Waals surface area contributed by atoms with Crippen LogP contribution in [0.15, 0.2) is 96.8 Å². The van der Waals surface area contributed by atoms with Gasteiger partial charge in [0, 0.05) is 51.1 Å². The van der Waals surface area contributed by atoms with E-state index in [0.717, 1.165) is 64.0 Å². The van der Waals surface area contributed by atoms with Gasteiger partial charge in [0.05, 0.1) is 23.2 Å². The average Bonchev–Trinajstić information content (AvgIpc) is 3.67. The van der Waals surface area contributed by atoms with E-state index in [9.17, 15) is 4.79 Å². The maximum Gasteiger partial charge on any atom is 0.246 e. The quantitative estimate of drug-likeness (QED) is 0.107. The Labute approximate surface area is 304 Å². The van der Waals surface area contributed by atoms with Crippen LogP contribution in [0.3, 0.4) is 0 Å². The molecule has 0 saturated carbocycles. The van der Waals surface area contributed by atoms with E-state index in [1.165, 1.54) is 5.56 Å². The second kappa shape index (κ2) is 17.2. The van der Waals surface area contributed by atoms with Gasteiger partial charge in [-0.05, 0) is 91.9 Å². The van der Waals surface area contributed by atoms with E-state index in [4.69, 9.17) is 18.9 Å². The summed E-state index contributed by atoms with van der Waals surface area (Å²) in [4.78, 5) is 26.9. The minimum absolute atomic E-state index is 0.0244. The molecule has 0 spiro atoms. The summed E-state index contributed by atoms with van der Waals surface area (Å²) in [6.45, 7) is 12.9. The molecule has 264 valence electrons. The first kappa shape index (κ1) is 35.6. The number of para-hydroxylation sites is 2. The van der Waals surface area contributed by atoms with Crippen LogP contribution in [-0.4, -0.2) is 58.5 Å². The minimum Gasteiger partial charge on any atom is -0.490 e. The molecule has 0 aliphatic carbocycles. The van der Waals surface area contributed by atoms with Crippen LogP contribution in [0.4, 0.5) is 0 Å². The Morgan fingerprint density at radius 1 is 0.922 bits per heavy atom. The highest BCUT2D eigenvalue weighted by Crippen LogP contribution is 2.32. The third kappa shape index (κ3) is 9.74. The first-order chi connectivity index (χ1) is 24.8. The van der Waals surface area contributed by atoms with Crippen LogP contribution in [0, 0.1) is 13.8 Å². The molecule has 1 amide bonds. The number of rotatable bonds is 14. The fourth-order valence-corrected chi connectivity index (χ4v) is 6.46. The van der Waals surface area contributed by atoms with Crippen LogP contribution in [0.5, 0.6) is 28.9 Å². The van der Waals surface area contributed by atoms with Crippen LogP contribution in [0.2, 0.25) is 0 Å². The highest BCUT2D eigenvalue weighted by atomic mass is 32.1. The smallest absolute Gasteiger partial charge is 0.246 e. The Morgan fingerprint density at radius 2 is 1.67 bits per heavy atom. The fraction of sp³-hybridized carbons (Fsp3) is 0.293. The Balaban J connectivity index is 0.957. The largest absolute Gasteiger partial charge is 0.490 e. The predicted molar refractivity (Wildman–Crippen MR) is 201 cm³/mol. The number of aryl methyl sites for hydroxylation is 2. The van der Waals surface area contributed by atoms with Crippen LogP contribution < -0.4 is 18.9 Å². The van der Waals surface area contributed by atoms with Crippen molar-refractivity contribution in [2.24, 2.45) is 0 Å². The molecule has 3 aromatic carbocycles. The lowest BCUT2D eigenvalue weighted by Gasteiger charge is -2.34. The summed E-state index contributed by atoms with van der Waals surface area (Å²) in [6.07, 6.45) is 6.90. The zero-order valence-corrected chi connectivity index (χ0v) is 30.4. The van der Waals surface area contributed by atoms with Crippen molar-refractivity contribution in [3.8, 4) is 28.9 Å². The van der Waals surface area contributed by atoms with Gasteiger partial charge >= 0.3 is 0 Å². The van der Waals surface area contributed by atoms with Crippen molar-refractivity contribution in [1.29, 1.82) is 0 Å². The molecule has 5 aromatic rings. The van der Waals surface area contributed by atoms with Gasteiger partial charge < -0.3 is 23.8 Å². The number of aromatic nitrogens is 2. The molecule has 51 heavy (non-hydrogen) atoms. The average molecular weight is 705 g/mol. The maximum atomic E-state index is 13.1. The first-order valence-electron chi connectivity index (χ1n) is 17.3. The number of benzene rings is 3. The van der Waals surface area contributed by atoms with Crippen LogP contribution in [0.1, 0.15) is 52.6 Å². The molecule has 0 N–H and O–H groups in total. The van der Waals surface area contributed by atoms with Gasteiger partial charge in [-0.3, -0.25) is 14.7 Å². The second-order valence-electron chi connectivity index (χ2n) is 12.5. The lowest BCUT2D eigenvalue weighted by atomic mass is 10.1. The number of hydrogen-bond donors (Lipinski definition) is 0. The molecule has 1 unspecified atom stereocenters. The van der Waals surface area contributed by atoms with Gasteiger partial charge in [-0.15, -0.1) is 11.3 Å². The maximum absolute atomic E-state index is 13.1. The third-order valence-corrected chi connectivity index (χ3v) is 9.43. The van der Waals surface area contributed by atoms with Gasteiger partial charge in [-0.2, -0.15) is 0 Å². The number of nitrogens with zero attached hydrogens (tertiary/aromatic N) is 4. The number of pyridine rings is 1. The summed E-state index contributed by atoms with van der Waals surface area (Å²) < 4.78 is 23.8. The molecule has 2 aromatic heterocycles. The Bertz CT molecular complexity index is 1880. The van der Waals surface area contributed by atoms with E-state index in [-0.39, 0.29) is 12.0 Å². The molecule has 3 heterocycles. The fourth-order valence-electron chi connectivity index (χ4n) is 5.96. The van der Waals surface area contributed by atoms with Crippen molar-refractivity contribution in [3.63, 3.8) is 0 Å². The lowest BCUT2D eigenvalue weighted by molar-refractivity contribution is -0.127. The number of ether oxygens (including phenoxy) is 4. The second-order valence-corrected chi connectivity index (χ2v) is 13.5. The zero-order chi connectivity index (χ0) is 35.6. The molecule has 6 rings (SSSR count).